The van der Waals surface area contributed by atoms with E-state index < -0.39 is 36.0 Å². The molecule has 3 aromatic carbocycles. The van der Waals surface area contributed by atoms with Gasteiger partial charge in [-0.2, -0.15) is 0 Å². The van der Waals surface area contributed by atoms with Crippen molar-refractivity contribution in [1.82, 2.24) is 9.36 Å². The largest absolute Gasteiger partial charge is 0.497 e. The second-order valence-corrected chi connectivity index (χ2v) is 8.57. The van der Waals surface area contributed by atoms with E-state index in [-0.39, 0.29) is 10.8 Å². The van der Waals surface area contributed by atoms with Crippen LogP contribution in [0.25, 0.3) is 10.8 Å². The first-order chi connectivity index (χ1) is 19.3. The van der Waals surface area contributed by atoms with Gasteiger partial charge in [0.15, 0.2) is 0 Å². The van der Waals surface area contributed by atoms with Crippen molar-refractivity contribution in [2.24, 2.45) is 0 Å². The Morgan fingerprint density at radius 2 is 0.925 bits per heavy atom. The predicted octanol–water partition coefficient (Wildman–Crippen LogP) is 2.47. The highest BCUT2D eigenvalue weighted by Gasteiger charge is 2.18. The van der Waals surface area contributed by atoms with Crippen molar-refractivity contribution in [2.75, 3.05) is 39.1 Å². The number of hydrogen-bond donors (Lipinski definition) is 2. The van der Waals surface area contributed by atoms with Crippen LogP contribution in [0.3, 0.4) is 0 Å². The number of hydrogen-bond acceptors (Lipinski definition) is 8. The summed E-state index contributed by atoms with van der Waals surface area (Å²) in [7, 11) is 5.89. The van der Waals surface area contributed by atoms with E-state index >= 15 is 0 Å². The van der Waals surface area contributed by atoms with Gasteiger partial charge in [0.05, 0.1) is 39.2 Å². The van der Waals surface area contributed by atoms with Gasteiger partial charge in [-0.25, -0.2) is 9.36 Å². The van der Waals surface area contributed by atoms with Crippen LogP contribution in [0.15, 0.2) is 70.3 Å². The topological polar surface area (TPSA) is 139 Å². The van der Waals surface area contributed by atoms with Gasteiger partial charge in [-0.1, -0.05) is 12.1 Å². The van der Waals surface area contributed by atoms with Crippen molar-refractivity contribution < 1.29 is 28.5 Å². The summed E-state index contributed by atoms with van der Waals surface area (Å²) in [6.07, 6.45) is 0. The zero-order valence-electron chi connectivity index (χ0n) is 22.3. The number of amides is 2. The quantitative estimate of drug-likeness (QED) is 0.308. The van der Waals surface area contributed by atoms with E-state index in [2.05, 4.69) is 10.6 Å². The third-order valence-corrected chi connectivity index (χ3v) is 6.01. The molecule has 1 heterocycles. The summed E-state index contributed by atoms with van der Waals surface area (Å²) in [5, 5.41) is 5.60. The summed E-state index contributed by atoms with van der Waals surface area (Å²) in [4.78, 5) is 52.9. The maximum atomic E-state index is 13.4. The van der Waals surface area contributed by atoms with Gasteiger partial charge < -0.3 is 29.6 Å². The van der Waals surface area contributed by atoms with E-state index in [1.807, 2.05) is 0 Å². The Morgan fingerprint density at radius 1 is 0.600 bits per heavy atom. The van der Waals surface area contributed by atoms with Crippen LogP contribution in [0, 0.1) is 0 Å². The summed E-state index contributed by atoms with van der Waals surface area (Å²) in [5.41, 5.74) is -0.504. The lowest BCUT2D eigenvalue weighted by atomic mass is 10.2. The van der Waals surface area contributed by atoms with Gasteiger partial charge in [0, 0.05) is 47.8 Å². The van der Waals surface area contributed by atoms with Crippen molar-refractivity contribution in [3.8, 4) is 23.0 Å². The Morgan fingerprint density at radius 3 is 1.23 bits per heavy atom. The Balaban J connectivity index is 1.68. The lowest BCUT2D eigenvalue weighted by Gasteiger charge is -2.17. The Bertz CT molecular complexity index is 1520. The summed E-state index contributed by atoms with van der Waals surface area (Å²) in [6, 6.07) is 15.8. The lowest BCUT2D eigenvalue weighted by molar-refractivity contribution is -0.119. The smallest absolute Gasteiger partial charge is 0.273 e. The second kappa shape index (κ2) is 12.1. The number of methoxy groups -OCH3 is 4. The van der Waals surface area contributed by atoms with E-state index in [0.717, 1.165) is 9.36 Å². The molecule has 1 aromatic heterocycles. The standard InChI is InChI=1S/C28H28N4O8/c1-37-19-9-17(10-20(13-19)38-2)29-25(33)15-31-27(35)23-7-5-6-8-24(23)28(36)32(31)16-26(34)30-18-11-21(39-3)14-22(12-18)40-4/h5-14H,15-16H2,1-4H3,(H,29,33)(H,30,34). The number of carbonyl (C=O) groups is 2. The average Bonchev–Trinajstić information content (AvgIpc) is 2.96. The summed E-state index contributed by atoms with van der Waals surface area (Å²) < 4.78 is 22.8. The Labute approximate surface area is 228 Å². The molecule has 208 valence electrons. The van der Waals surface area contributed by atoms with Gasteiger partial charge >= 0.3 is 0 Å². The van der Waals surface area contributed by atoms with Gasteiger partial charge in [0.1, 0.15) is 36.1 Å². The Kier molecular flexibility index (Phi) is 8.38. The maximum absolute atomic E-state index is 13.4. The van der Waals surface area contributed by atoms with Gasteiger partial charge in [0.2, 0.25) is 11.8 Å². The molecule has 0 fully saturated rings. The van der Waals surface area contributed by atoms with Crippen LogP contribution in [0.1, 0.15) is 0 Å². The number of rotatable bonds is 10. The van der Waals surface area contributed by atoms with Gasteiger partial charge in [-0.15, -0.1) is 0 Å². The molecule has 2 amide bonds. The number of fused-ring (bicyclic) bond motifs is 1. The average molecular weight is 549 g/mol. The van der Waals surface area contributed by atoms with Gasteiger partial charge in [-0.3, -0.25) is 19.2 Å². The van der Waals surface area contributed by atoms with Crippen molar-refractivity contribution in [3.63, 3.8) is 0 Å². The first-order valence-electron chi connectivity index (χ1n) is 12.0. The molecule has 0 aliphatic carbocycles. The molecule has 2 N–H and O–H groups in total. The van der Waals surface area contributed by atoms with Crippen LogP contribution in [0.4, 0.5) is 11.4 Å². The van der Waals surface area contributed by atoms with E-state index in [1.54, 1.807) is 48.5 Å². The van der Waals surface area contributed by atoms with E-state index in [0.29, 0.717) is 34.4 Å². The molecule has 0 aliphatic rings. The van der Waals surface area contributed by atoms with E-state index in [4.69, 9.17) is 18.9 Å². The summed E-state index contributed by atoms with van der Waals surface area (Å²) >= 11 is 0. The van der Waals surface area contributed by atoms with Crippen LogP contribution >= 0.6 is 0 Å². The molecular weight excluding hydrogens is 520 g/mol. The monoisotopic (exact) mass is 548 g/mol. The lowest BCUT2D eigenvalue weighted by Crippen LogP contribution is -2.43. The molecule has 12 nitrogen and oxygen atoms in total. The highest BCUT2D eigenvalue weighted by molar-refractivity contribution is 5.92. The van der Waals surface area contributed by atoms with E-state index in [1.165, 1.54) is 40.6 Å². The normalized spacial score (nSPS) is 10.6. The molecule has 0 unspecified atom stereocenters. The fourth-order valence-corrected chi connectivity index (χ4v) is 4.10. The molecule has 0 spiro atoms. The maximum Gasteiger partial charge on any atom is 0.273 e. The van der Waals surface area contributed by atoms with Crippen molar-refractivity contribution >= 4 is 34.0 Å². The number of nitrogens with one attached hydrogen (secondary N) is 2. The molecule has 4 rings (SSSR count). The molecule has 40 heavy (non-hydrogen) atoms. The van der Waals surface area contributed by atoms with Gasteiger partial charge in [0.25, 0.3) is 11.1 Å². The zero-order chi connectivity index (χ0) is 28.8. The fraction of sp³-hybridized carbons (Fsp3) is 0.214. The highest BCUT2D eigenvalue weighted by atomic mass is 16.5. The molecule has 0 saturated heterocycles. The van der Waals surface area contributed by atoms with Crippen LogP contribution < -0.4 is 40.7 Å². The van der Waals surface area contributed by atoms with Crippen molar-refractivity contribution in [3.05, 3.63) is 81.4 Å². The number of benzene rings is 3. The first-order valence-corrected chi connectivity index (χ1v) is 12.0. The molecular formula is C28H28N4O8. The number of aromatic nitrogens is 2. The molecule has 0 aliphatic heterocycles. The zero-order valence-corrected chi connectivity index (χ0v) is 22.3. The number of ether oxygens (including phenoxy) is 4. The molecule has 4 aromatic rings. The molecule has 0 radical (unpaired) electrons. The molecule has 0 saturated carbocycles. The van der Waals surface area contributed by atoms with Gasteiger partial charge in [-0.05, 0) is 12.1 Å². The predicted molar refractivity (Wildman–Crippen MR) is 149 cm³/mol. The minimum atomic E-state index is -0.612. The van der Waals surface area contributed by atoms with Crippen LogP contribution in [0.5, 0.6) is 23.0 Å². The highest BCUT2D eigenvalue weighted by Crippen LogP contribution is 2.26. The third kappa shape index (κ3) is 6.07. The van der Waals surface area contributed by atoms with Crippen LogP contribution in [0.2, 0.25) is 0 Å². The molecule has 0 atom stereocenters. The number of anilines is 2. The third-order valence-electron chi connectivity index (χ3n) is 6.01. The SMILES string of the molecule is COc1cc(NC(=O)Cn2c(=O)c3ccccc3c(=O)n2CC(=O)Nc2cc(OC)cc(OC)c2)cc(OC)c1. The first kappa shape index (κ1) is 27.8. The fourth-order valence-electron chi connectivity index (χ4n) is 4.10. The number of nitrogens with zero attached hydrogens (tertiary/aromatic N) is 2. The minimum Gasteiger partial charge on any atom is -0.497 e. The second-order valence-electron chi connectivity index (χ2n) is 8.57. The van der Waals surface area contributed by atoms with Crippen molar-refractivity contribution in [1.29, 1.82) is 0 Å². The molecule has 12 heteroatoms. The summed E-state index contributed by atoms with van der Waals surface area (Å²) in [5.74, 6) is 0.554. The van der Waals surface area contributed by atoms with Crippen LogP contribution in [-0.2, 0) is 22.7 Å². The Hall–Kier alpha value is -5.26. The molecule has 0 bridgehead atoms. The van der Waals surface area contributed by atoms with Crippen molar-refractivity contribution in [2.45, 2.75) is 13.1 Å². The minimum absolute atomic E-state index is 0.123. The van der Waals surface area contributed by atoms with E-state index in [9.17, 15) is 19.2 Å². The van der Waals surface area contributed by atoms with Crippen LogP contribution in [-0.4, -0.2) is 49.6 Å². The summed E-state index contributed by atoms with van der Waals surface area (Å²) in [6.45, 7) is -1.09. The number of carbonyl (C=O) groups excluding carboxylic acids is 2.